The summed E-state index contributed by atoms with van der Waals surface area (Å²) in [5, 5.41) is 0. The second-order valence-electron chi connectivity index (χ2n) is 9.51. The predicted octanol–water partition coefficient (Wildman–Crippen LogP) is 2.98. The Morgan fingerprint density at radius 2 is 1.66 bits per heavy atom. The van der Waals surface area contributed by atoms with Crippen LogP contribution < -0.4 is 4.74 Å². The highest BCUT2D eigenvalue weighted by atomic mass is 32.2. The van der Waals surface area contributed by atoms with Crippen LogP contribution >= 0.6 is 0 Å². The number of piperazine rings is 1. The zero-order chi connectivity index (χ0) is 25.1. The Balaban J connectivity index is 1.58. The third kappa shape index (κ3) is 6.17. The van der Waals surface area contributed by atoms with Crippen LogP contribution in [0, 0.1) is 17.0 Å². The summed E-state index contributed by atoms with van der Waals surface area (Å²) in [4.78, 5) is 16.8. The molecule has 0 saturated carbocycles. The van der Waals surface area contributed by atoms with E-state index in [1.54, 1.807) is 0 Å². The number of benzene rings is 2. The van der Waals surface area contributed by atoms with Gasteiger partial charge < -0.3 is 14.5 Å². The number of likely N-dealkylation sites (N-methyl/N-ethyl adjacent to an activating group) is 1. The molecule has 2 fully saturated rings. The summed E-state index contributed by atoms with van der Waals surface area (Å²) in [6.45, 7) is 3.19. The summed E-state index contributed by atoms with van der Waals surface area (Å²) in [6.07, 6.45) is 1.24. The number of carbonyl (C=O) groups is 1. The van der Waals surface area contributed by atoms with Crippen molar-refractivity contribution in [3.63, 3.8) is 0 Å². The first-order valence-corrected chi connectivity index (χ1v) is 13.2. The third-order valence-corrected chi connectivity index (χ3v) is 8.59. The Morgan fingerprint density at radius 3 is 2.31 bits per heavy atom. The van der Waals surface area contributed by atoms with Gasteiger partial charge >= 0.3 is 0 Å². The lowest BCUT2D eigenvalue weighted by atomic mass is 9.78. The molecule has 0 bridgehead atoms. The van der Waals surface area contributed by atoms with Crippen LogP contribution in [0.4, 0.5) is 8.78 Å². The zero-order valence-electron chi connectivity index (χ0n) is 19.8. The largest absolute Gasteiger partial charge is 0.493 e. The first kappa shape index (κ1) is 25.5. The fourth-order valence-electron chi connectivity index (χ4n) is 4.75. The summed E-state index contributed by atoms with van der Waals surface area (Å²) in [5.74, 6) is -1.31. The summed E-state index contributed by atoms with van der Waals surface area (Å²) in [6, 6.07) is 11.5. The maximum atomic E-state index is 13.8. The van der Waals surface area contributed by atoms with Crippen molar-refractivity contribution in [2.24, 2.45) is 5.41 Å². The monoisotopic (exact) mass is 507 g/mol. The second kappa shape index (κ2) is 10.6. The quantitative estimate of drug-likeness (QED) is 0.577. The maximum Gasteiger partial charge on any atom is 0.243 e. The van der Waals surface area contributed by atoms with E-state index in [4.69, 9.17) is 4.74 Å². The smallest absolute Gasteiger partial charge is 0.243 e. The van der Waals surface area contributed by atoms with Gasteiger partial charge in [0, 0.05) is 57.2 Å². The lowest BCUT2D eigenvalue weighted by Gasteiger charge is -2.43. The molecule has 2 heterocycles. The molecule has 0 aromatic heterocycles. The van der Waals surface area contributed by atoms with Crippen LogP contribution in [0.5, 0.6) is 5.75 Å². The third-order valence-electron chi connectivity index (χ3n) is 6.77. The van der Waals surface area contributed by atoms with Crippen molar-refractivity contribution in [2.45, 2.75) is 24.2 Å². The van der Waals surface area contributed by atoms with Gasteiger partial charge in [-0.2, -0.15) is 4.31 Å². The minimum atomic E-state index is -4.16. The summed E-state index contributed by atoms with van der Waals surface area (Å²) in [5.41, 5.74) is -0.770. The number of ether oxygens (including phenoxy) is 1. The van der Waals surface area contributed by atoms with Crippen LogP contribution in [0.3, 0.4) is 0 Å². The highest BCUT2D eigenvalue weighted by molar-refractivity contribution is 7.89. The molecule has 0 N–H and O–H groups in total. The molecule has 0 aliphatic carbocycles. The topological polar surface area (TPSA) is 70.2 Å². The fraction of sp³-hybridized carbons (Fsp3) is 0.480. The van der Waals surface area contributed by atoms with E-state index in [0.717, 1.165) is 25.2 Å². The lowest BCUT2D eigenvalue weighted by Crippen LogP contribution is -2.53. The van der Waals surface area contributed by atoms with E-state index in [-0.39, 0.29) is 32.0 Å². The number of para-hydroxylation sites is 1. The Morgan fingerprint density at radius 1 is 1.00 bits per heavy atom. The molecule has 2 aromatic carbocycles. The number of carbonyl (C=O) groups excluding carboxylic acids is 1. The van der Waals surface area contributed by atoms with Crippen molar-refractivity contribution < 1.29 is 26.7 Å². The van der Waals surface area contributed by atoms with Gasteiger partial charge in [-0.05, 0) is 44.2 Å². The Bertz CT molecular complexity index is 1120. The first-order valence-electron chi connectivity index (χ1n) is 11.8. The maximum absolute atomic E-state index is 13.8. The molecular weight excluding hydrogens is 476 g/mol. The molecule has 2 saturated heterocycles. The van der Waals surface area contributed by atoms with Crippen molar-refractivity contribution in [1.82, 2.24) is 14.1 Å². The number of halogens is 2. The Hall–Kier alpha value is -2.56. The molecule has 1 amide bonds. The molecule has 0 radical (unpaired) electrons. The first-order chi connectivity index (χ1) is 16.7. The number of hydrogen-bond donors (Lipinski definition) is 0. The normalized spacial score (nSPS) is 22.2. The molecule has 10 heteroatoms. The molecule has 2 aliphatic rings. The Labute approximate surface area is 205 Å². The molecule has 2 aliphatic heterocycles. The van der Waals surface area contributed by atoms with Gasteiger partial charge in [0.1, 0.15) is 17.4 Å². The lowest BCUT2D eigenvalue weighted by molar-refractivity contribution is -0.136. The van der Waals surface area contributed by atoms with Crippen LogP contribution in [0.25, 0.3) is 0 Å². The van der Waals surface area contributed by atoms with Crippen molar-refractivity contribution in [3.05, 3.63) is 60.2 Å². The summed E-state index contributed by atoms with van der Waals surface area (Å²) >= 11 is 0. The minimum absolute atomic E-state index is 0.0276. The molecule has 4 rings (SSSR count). The molecule has 7 nitrogen and oxygen atoms in total. The second-order valence-corrected chi connectivity index (χ2v) is 11.4. The van der Waals surface area contributed by atoms with Crippen molar-refractivity contribution in [2.75, 3.05) is 52.9 Å². The van der Waals surface area contributed by atoms with Crippen molar-refractivity contribution in [1.29, 1.82) is 0 Å². The van der Waals surface area contributed by atoms with E-state index in [0.29, 0.717) is 37.7 Å². The molecule has 2 aromatic rings. The van der Waals surface area contributed by atoms with Crippen LogP contribution in [0.2, 0.25) is 0 Å². The molecule has 1 unspecified atom stereocenters. The average molecular weight is 508 g/mol. The minimum Gasteiger partial charge on any atom is -0.493 e. The van der Waals surface area contributed by atoms with Gasteiger partial charge in [-0.3, -0.25) is 4.79 Å². The average Bonchev–Trinajstić information content (AvgIpc) is 2.83. The van der Waals surface area contributed by atoms with E-state index in [1.165, 1.54) is 4.31 Å². The molecule has 1 atom stereocenters. The van der Waals surface area contributed by atoms with Gasteiger partial charge in [0.05, 0.1) is 11.5 Å². The van der Waals surface area contributed by atoms with E-state index < -0.39 is 32.0 Å². The fourth-order valence-corrected chi connectivity index (χ4v) is 6.38. The number of amides is 1. The number of sulfonamides is 1. The molecule has 0 spiro atoms. The van der Waals surface area contributed by atoms with Crippen LogP contribution in [-0.2, 0) is 14.8 Å². The molecular formula is C25H31F2N3O4S. The van der Waals surface area contributed by atoms with Gasteiger partial charge in [-0.1, -0.05) is 18.2 Å². The van der Waals surface area contributed by atoms with Crippen molar-refractivity contribution in [3.8, 4) is 5.75 Å². The SMILES string of the molecule is CN1CCN(C(=O)CC2(COc3ccccc3)CCCN(S(=O)(=O)c3cc(F)cc(F)c3)C2)CC1. The van der Waals surface area contributed by atoms with E-state index in [1.807, 2.05) is 42.3 Å². The molecule has 190 valence electrons. The van der Waals surface area contributed by atoms with Crippen molar-refractivity contribution >= 4 is 15.9 Å². The summed E-state index contributed by atoms with van der Waals surface area (Å²) < 4.78 is 61.5. The Kier molecular flexibility index (Phi) is 7.73. The van der Waals surface area contributed by atoms with Gasteiger partial charge in [0.15, 0.2) is 0 Å². The van der Waals surface area contributed by atoms with E-state index in [9.17, 15) is 22.0 Å². The van der Waals surface area contributed by atoms with Crippen LogP contribution in [0.1, 0.15) is 19.3 Å². The zero-order valence-corrected chi connectivity index (χ0v) is 20.6. The number of rotatable bonds is 7. The number of hydrogen-bond acceptors (Lipinski definition) is 5. The van der Waals surface area contributed by atoms with Gasteiger partial charge in [0.25, 0.3) is 0 Å². The van der Waals surface area contributed by atoms with Crippen LogP contribution in [-0.4, -0.2) is 81.4 Å². The number of nitrogens with zero attached hydrogens (tertiary/aromatic N) is 3. The highest BCUT2D eigenvalue weighted by Gasteiger charge is 2.43. The standard InChI is InChI=1S/C25H31F2N3O4S/c1-28-10-12-29(13-11-28)24(31)17-25(19-34-22-6-3-2-4-7-22)8-5-9-30(18-25)35(32,33)23-15-20(26)14-21(27)16-23/h2-4,6-7,14-16H,5,8-13,17-19H2,1H3. The van der Waals surface area contributed by atoms with Gasteiger partial charge in [-0.15, -0.1) is 0 Å². The van der Waals surface area contributed by atoms with Crippen LogP contribution in [0.15, 0.2) is 53.4 Å². The predicted molar refractivity (Wildman–Crippen MR) is 127 cm³/mol. The van der Waals surface area contributed by atoms with Gasteiger partial charge in [-0.25, -0.2) is 17.2 Å². The van der Waals surface area contributed by atoms with E-state index >= 15 is 0 Å². The number of piperidine rings is 1. The van der Waals surface area contributed by atoms with E-state index in [2.05, 4.69) is 4.90 Å². The highest BCUT2D eigenvalue weighted by Crippen LogP contribution is 2.37. The summed E-state index contributed by atoms with van der Waals surface area (Å²) in [7, 11) is -2.15. The molecule has 35 heavy (non-hydrogen) atoms. The van der Waals surface area contributed by atoms with Gasteiger partial charge in [0.2, 0.25) is 15.9 Å².